The zero-order chi connectivity index (χ0) is 17.8. The minimum absolute atomic E-state index is 0.560. The van der Waals surface area contributed by atoms with Gasteiger partial charge in [0.05, 0.1) is 5.69 Å². The van der Waals surface area contributed by atoms with Crippen LogP contribution in [0.2, 0.25) is 0 Å². The van der Waals surface area contributed by atoms with Gasteiger partial charge in [0.1, 0.15) is 12.0 Å². The Morgan fingerprint density at radius 1 is 1.23 bits per heavy atom. The molecule has 0 aromatic carbocycles. The lowest BCUT2D eigenvalue weighted by Gasteiger charge is -2.26. The Hall–Kier alpha value is -2.32. The highest BCUT2D eigenvalue weighted by molar-refractivity contribution is 7.18. The molecule has 7 nitrogen and oxygen atoms in total. The molecule has 136 valence electrons. The molecule has 0 N–H and O–H groups in total. The van der Waals surface area contributed by atoms with Crippen molar-refractivity contribution in [1.29, 1.82) is 0 Å². The Kier molecular flexibility index (Phi) is 5.21. The summed E-state index contributed by atoms with van der Waals surface area (Å²) in [5, 5.41) is 14.3. The first-order valence-corrected chi connectivity index (χ1v) is 9.70. The highest BCUT2D eigenvalue weighted by Gasteiger charge is 2.23. The summed E-state index contributed by atoms with van der Waals surface area (Å²) < 4.78 is 4.90. The van der Waals surface area contributed by atoms with Crippen molar-refractivity contribution in [2.24, 2.45) is 0 Å². The summed E-state index contributed by atoms with van der Waals surface area (Å²) in [5.74, 6) is 0. The Morgan fingerprint density at radius 3 is 3.00 bits per heavy atom. The van der Waals surface area contributed by atoms with Gasteiger partial charge in [-0.05, 0) is 38.4 Å². The number of pyridine rings is 1. The van der Waals surface area contributed by atoms with E-state index in [0.717, 1.165) is 54.0 Å². The largest absolute Gasteiger partial charge is 0.364 e. The van der Waals surface area contributed by atoms with Gasteiger partial charge in [-0.3, -0.25) is 9.88 Å². The highest BCUT2D eigenvalue weighted by Crippen LogP contribution is 2.29. The van der Waals surface area contributed by atoms with E-state index in [0.29, 0.717) is 6.04 Å². The van der Waals surface area contributed by atoms with Gasteiger partial charge in [0.15, 0.2) is 5.01 Å². The molecule has 0 radical (unpaired) electrons. The number of hydrogen-bond acceptors (Lipinski definition) is 8. The molecule has 4 rings (SSSR count). The Morgan fingerprint density at radius 2 is 2.19 bits per heavy atom. The van der Waals surface area contributed by atoms with Crippen LogP contribution < -0.4 is 4.90 Å². The molecule has 1 aliphatic rings. The highest BCUT2D eigenvalue weighted by atomic mass is 32.1. The smallest absolute Gasteiger partial charge is 0.208 e. The lowest BCUT2D eigenvalue weighted by molar-refractivity contribution is 0.215. The monoisotopic (exact) mass is 370 g/mol. The minimum atomic E-state index is 0.560. The van der Waals surface area contributed by atoms with E-state index in [4.69, 9.17) is 4.52 Å². The number of aromatic nitrogens is 4. The van der Waals surface area contributed by atoms with Crippen LogP contribution in [0.3, 0.4) is 0 Å². The van der Waals surface area contributed by atoms with E-state index >= 15 is 0 Å². The molecule has 0 aliphatic carbocycles. The van der Waals surface area contributed by atoms with Gasteiger partial charge in [0.2, 0.25) is 5.13 Å². The zero-order valence-electron chi connectivity index (χ0n) is 14.8. The second kappa shape index (κ2) is 7.92. The predicted octanol–water partition coefficient (Wildman–Crippen LogP) is 3.08. The quantitative estimate of drug-likeness (QED) is 0.683. The van der Waals surface area contributed by atoms with E-state index < -0.39 is 0 Å². The normalized spacial score (nSPS) is 18.2. The van der Waals surface area contributed by atoms with Crippen molar-refractivity contribution in [3.05, 3.63) is 42.4 Å². The maximum Gasteiger partial charge on any atom is 0.208 e. The maximum atomic E-state index is 4.90. The van der Waals surface area contributed by atoms with E-state index in [-0.39, 0.29) is 0 Å². The summed E-state index contributed by atoms with van der Waals surface area (Å²) >= 11 is 1.58. The summed E-state index contributed by atoms with van der Waals surface area (Å²) in [4.78, 5) is 9.21. The molecule has 1 atom stereocenters. The van der Waals surface area contributed by atoms with Gasteiger partial charge >= 0.3 is 0 Å². The van der Waals surface area contributed by atoms with E-state index in [2.05, 4.69) is 43.3 Å². The Balaban J connectivity index is 1.37. The average Bonchev–Trinajstić information content (AvgIpc) is 3.30. The van der Waals surface area contributed by atoms with Crippen LogP contribution in [0.4, 0.5) is 5.13 Å². The molecule has 1 fully saturated rings. The first-order chi connectivity index (χ1) is 12.8. The van der Waals surface area contributed by atoms with Crippen LogP contribution >= 0.6 is 11.3 Å². The molecule has 0 unspecified atom stereocenters. The zero-order valence-corrected chi connectivity index (χ0v) is 15.6. The molecule has 3 aromatic heterocycles. The topological polar surface area (TPSA) is 71.2 Å². The molecule has 26 heavy (non-hydrogen) atoms. The minimum Gasteiger partial charge on any atom is -0.364 e. The molecule has 8 heteroatoms. The molecule has 4 heterocycles. The van der Waals surface area contributed by atoms with Crippen LogP contribution in [0.15, 0.2) is 41.2 Å². The second-order valence-corrected chi connectivity index (χ2v) is 7.54. The van der Waals surface area contributed by atoms with Crippen LogP contribution in [0.25, 0.3) is 10.7 Å². The van der Waals surface area contributed by atoms with Crippen molar-refractivity contribution in [2.45, 2.75) is 31.8 Å². The maximum absolute atomic E-state index is 4.90. The van der Waals surface area contributed by atoms with Gasteiger partial charge in [-0.15, -0.1) is 10.2 Å². The number of nitrogens with zero attached hydrogens (tertiary/aromatic N) is 6. The fraction of sp³-hybridized carbons (Fsp3) is 0.444. The van der Waals surface area contributed by atoms with Crippen molar-refractivity contribution in [3.8, 4) is 10.7 Å². The summed E-state index contributed by atoms with van der Waals surface area (Å²) in [6.45, 7) is 2.90. The van der Waals surface area contributed by atoms with Crippen LogP contribution in [-0.4, -0.2) is 51.4 Å². The van der Waals surface area contributed by atoms with Crippen molar-refractivity contribution in [2.75, 3.05) is 25.0 Å². The van der Waals surface area contributed by atoms with Crippen molar-refractivity contribution in [3.63, 3.8) is 0 Å². The molecular weight excluding hydrogens is 348 g/mol. The third-order valence-electron chi connectivity index (χ3n) is 4.80. The van der Waals surface area contributed by atoms with Crippen LogP contribution in [0.5, 0.6) is 0 Å². The molecule has 0 amide bonds. The van der Waals surface area contributed by atoms with Crippen LogP contribution in [-0.2, 0) is 6.54 Å². The number of rotatable bonds is 5. The number of anilines is 1. The molecule has 0 saturated carbocycles. The SMILES string of the molecule is CN(Cc1ccccn1)[C@@H]1CCCN(c2nnc(-c3ccon3)s2)CC1. The summed E-state index contributed by atoms with van der Waals surface area (Å²) in [7, 11) is 2.20. The van der Waals surface area contributed by atoms with Gasteiger partial charge in [-0.1, -0.05) is 22.6 Å². The van der Waals surface area contributed by atoms with E-state index in [1.165, 1.54) is 6.42 Å². The van der Waals surface area contributed by atoms with E-state index in [1.54, 1.807) is 17.6 Å². The first kappa shape index (κ1) is 17.1. The average molecular weight is 370 g/mol. The van der Waals surface area contributed by atoms with Gasteiger partial charge < -0.3 is 9.42 Å². The van der Waals surface area contributed by atoms with Crippen molar-refractivity contribution in [1.82, 2.24) is 25.2 Å². The fourth-order valence-corrected chi connectivity index (χ4v) is 4.21. The van der Waals surface area contributed by atoms with Gasteiger partial charge in [0, 0.05) is 37.9 Å². The lowest BCUT2D eigenvalue weighted by Crippen LogP contribution is -2.33. The third kappa shape index (κ3) is 3.91. The summed E-state index contributed by atoms with van der Waals surface area (Å²) in [6.07, 6.45) is 6.87. The Bertz CT molecular complexity index is 806. The van der Waals surface area contributed by atoms with Crippen LogP contribution in [0, 0.1) is 0 Å². The summed E-state index contributed by atoms with van der Waals surface area (Å²) in [6, 6.07) is 8.47. The Labute approximate surface area is 156 Å². The van der Waals surface area contributed by atoms with Crippen molar-refractivity contribution < 1.29 is 4.52 Å². The number of hydrogen-bond donors (Lipinski definition) is 0. The van der Waals surface area contributed by atoms with Crippen LogP contribution in [0.1, 0.15) is 25.0 Å². The summed E-state index contributed by atoms with van der Waals surface area (Å²) in [5.41, 5.74) is 1.87. The van der Waals surface area contributed by atoms with Gasteiger partial charge in [-0.25, -0.2) is 0 Å². The van der Waals surface area contributed by atoms with E-state index in [1.807, 2.05) is 24.4 Å². The lowest BCUT2D eigenvalue weighted by atomic mass is 10.1. The molecule has 1 aliphatic heterocycles. The standard InChI is InChI=1S/C18H22N6OS/c1-23(13-14-5-2-3-9-19-14)15-6-4-10-24(11-7-15)18-21-20-17(26-18)16-8-12-25-22-16/h2-3,5,8-9,12,15H,4,6-7,10-11,13H2,1H3/t15-/m1/s1. The molecule has 0 bridgehead atoms. The molecule has 3 aromatic rings. The second-order valence-electron chi connectivity index (χ2n) is 6.58. The van der Waals surface area contributed by atoms with Gasteiger partial charge in [-0.2, -0.15) is 0 Å². The molecular formula is C18H22N6OS. The predicted molar refractivity (Wildman–Crippen MR) is 101 cm³/mol. The first-order valence-electron chi connectivity index (χ1n) is 8.89. The van der Waals surface area contributed by atoms with E-state index in [9.17, 15) is 0 Å². The fourth-order valence-electron chi connectivity index (χ4n) is 3.36. The third-order valence-corrected chi connectivity index (χ3v) is 5.81. The van der Waals surface area contributed by atoms with Crippen molar-refractivity contribution >= 4 is 16.5 Å². The molecule has 1 saturated heterocycles. The van der Waals surface area contributed by atoms with Gasteiger partial charge in [0.25, 0.3) is 0 Å². The molecule has 0 spiro atoms.